The van der Waals surface area contributed by atoms with Gasteiger partial charge in [0, 0.05) is 31.3 Å². The molecule has 18 heteroatoms. The van der Waals surface area contributed by atoms with Crippen LogP contribution in [-0.2, 0) is 43.1 Å². The summed E-state index contributed by atoms with van der Waals surface area (Å²) in [6.45, 7) is 2.52. The first-order valence-electron chi connectivity index (χ1n) is 13.1. The second-order valence-electron chi connectivity index (χ2n) is 9.69. The van der Waals surface area contributed by atoms with Crippen molar-refractivity contribution in [1.82, 2.24) is 30.5 Å². The largest absolute Gasteiger partial charge is 0.508 e. The monoisotopic (exact) mass is 632 g/mol. The lowest BCUT2D eigenvalue weighted by Crippen LogP contribution is -2.83. The van der Waals surface area contributed by atoms with Crippen LogP contribution in [0.5, 0.6) is 5.75 Å². The molecule has 0 aliphatic carbocycles. The van der Waals surface area contributed by atoms with Crippen LogP contribution in [0.25, 0.3) is 0 Å². The number of piperazine rings is 1. The van der Waals surface area contributed by atoms with E-state index < -0.39 is 64.9 Å². The number of carbonyl (C=O) groups is 8. The van der Waals surface area contributed by atoms with Gasteiger partial charge in [-0.1, -0.05) is 12.1 Å². The van der Waals surface area contributed by atoms with Crippen LogP contribution >= 0.6 is 11.8 Å². The Bertz CT molecular complexity index is 1450. The fourth-order valence-electron chi connectivity index (χ4n) is 5.10. The fraction of sp³-hybridized carbons (Fsp3) is 0.385. The minimum Gasteiger partial charge on any atom is -0.508 e. The molecule has 3 aliphatic rings. The molecule has 4 N–H and O–H groups in total. The van der Waals surface area contributed by atoms with Gasteiger partial charge < -0.3 is 30.5 Å². The van der Waals surface area contributed by atoms with E-state index in [1.807, 2.05) is 0 Å². The van der Waals surface area contributed by atoms with Gasteiger partial charge in [0.05, 0.1) is 6.54 Å². The average molecular weight is 633 g/mol. The summed E-state index contributed by atoms with van der Waals surface area (Å²) in [5, 5.41) is 26.1. The van der Waals surface area contributed by atoms with Gasteiger partial charge >= 0.3 is 23.8 Å². The molecule has 234 valence electrons. The number of aliphatic carboxylic acids is 1. The van der Waals surface area contributed by atoms with Crippen LogP contribution in [0.4, 0.5) is 0 Å². The molecule has 0 bridgehead atoms. The third kappa shape index (κ3) is 5.50. The number of benzene rings is 1. The third-order valence-electron chi connectivity index (χ3n) is 7.20. The number of carboxylic acid groups (broad SMARTS) is 1. The smallest absolute Gasteiger partial charge is 0.352 e. The molecule has 4 rings (SSSR count). The quantitative estimate of drug-likeness (QED) is 0.0840. The summed E-state index contributed by atoms with van der Waals surface area (Å²) < 4.78 is 4.92. The molecule has 1 aromatic rings. The first kappa shape index (κ1) is 31.8. The highest BCUT2D eigenvalue weighted by Gasteiger charge is 2.66. The zero-order chi connectivity index (χ0) is 32.3. The number of esters is 1. The van der Waals surface area contributed by atoms with Gasteiger partial charge in [-0.05, 0) is 24.6 Å². The maximum atomic E-state index is 13.9. The Kier molecular flexibility index (Phi) is 9.12. The zero-order valence-corrected chi connectivity index (χ0v) is 24.2. The fourth-order valence-corrected chi connectivity index (χ4v) is 6.48. The minimum absolute atomic E-state index is 0.0639. The molecule has 0 aromatic heterocycles. The predicted octanol–water partition coefficient (Wildman–Crippen LogP) is -2.13. The van der Waals surface area contributed by atoms with Gasteiger partial charge in [0.15, 0.2) is 17.1 Å². The van der Waals surface area contributed by atoms with Crippen molar-refractivity contribution in [3.05, 3.63) is 41.1 Å². The Hall–Kier alpha value is -5.13. The van der Waals surface area contributed by atoms with E-state index in [9.17, 15) is 48.6 Å². The highest BCUT2D eigenvalue weighted by atomic mass is 32.2. The Morgan fingerprint density at radius 1 is 1.16 bits per heavy atom. The van der Waals surface area contributed by atoms with Crippen LogP contribution in [0, 0.1) is 0 Å². The third-order valence-corrected chi connectivity index (χ3v) is 8.67. The van der Waals surface area contributed by atoms with Gasteiger partial charge in [0.25, 0.3) is 5.91 Å². The normalized spacial score (nSPS) is 22.0. The summed E-state index contributed by atoms with van der Waals surface area (Å²) in [5.74, 6) is -6.48. The molecule has 2 fully saturated rings. The van der Waals surface area contributed by atoms with Crippen LogP contribution in [0.2, 0.25) is 0 Å². The van der Waals surface area contributed by atoms with E-state index >= 15 is 0 Å². The number of nitrogens with one attached hydrogen (secondary N) is 2. The highest BCUT2D eigenvalue weighted by Crippen LogP contribution is 2.48. The van der Waals surface area contributed by atoms with Crippen LogP contribution in [0.1, 0.15) is 25.5 Å². The van der Waals surface area contributed by atoms with E-state index in [1.165, 1.54) is 29.2 Å². The number of nitrogens with zero attached hydrogens (tertiary/aromatic N) is 4. The summed E-state index contributed by atoms with van der Waals surface area (Å²) in [4.78, 5) is 101. The number of carboxylic acids is 1. The number of fused-ring (bicyclic) bond motifs is 1. The van der Waals surface area contributed by atoms with E-state index in [-0.39, 0.29) is 55.1 Å². The summed E-state index contributed by atoms with van der Waals surface area (Å²) in [6, 6.07) is 1.81. The number of hydrogen-bond donors (Lipinski definition) is 4. The number of carbonyl (C=O) groups excluding carboxylic acids is 7. The summed E-state index contributed by atoms with van der Waals surface area (Å²) >= 11 is 0.879. The number of phenols is 1. The van der Waals surface area contributed by atoms with E-state index in [0.717, 1.165) is 28.6 Å². The Morgan fingerprint density at radius 3 is 2.41 bits per heavy atom. The molecular formula is C26H28N6O11S. The average Bonchev–Trinajstić information content (AvgIpc) is 2.99. The molecule has 3 atom stereocenters. The number of hydrazine groups is 1. The zero-order valence-electron chi connectivity index (χ0n) is 23.4. The van der Waals surface area contributed by atoms with Crippen molar-refractivity contribution >= 4 is 60.1 Å². The van der Waals surface area contributed by atoms with Crippen molar-refractivity contribution in [2.45, 2.75) is 30.9 Å². The number of likely N-dealkylation sites (N-methyl/N-ethyl adjacent to an activating group) is 1. The molecular weight excluding hydrogens is 604 g/mol. The van der Waals surface area contributed by atoms with Gasteiger partial charge in [-0.3, -0.25) is 38.5 Å². The van der Waals surface area contributed by atoms with Crippen LogP contribution in [0.3, 0.4) is 0 Å². The maximum Gasteiger partial charge on any atom is 0.352 e. The molecule has 17 nitrogen and oxygen atoms in total. The molecule has 0 saturated carbocycles. The Balaban J connectivity index is 1.70. The molecule has 2 saturated heterocycles. The van der Waals surface area contributed by atoms with Crippen LogP contribution < -0.4 is 10.6 Å². The van der Waals surface area contributed by atoms with Crippen molar-refractivity contribution in [3.8, 4) is 5.75 Å². The van der Waals surface area contributed by atoms with Gasteiger partial charge in [-0.15, -0.1) is 11.8 Å². The van der Waals surface area contributed by atoms with Crippen LogP contribution in [0.15, 0.2) is 35.5 Å². The minimum atomic E-state index is -1.81. The molecule has 2 unspecified atom stereocenters. The topological polar surface area (TPSA) is 223 Å². The number of ether oxygens (including phenoxy) is 1. The second-order valence-corrected chi connectivity index (χ2v) is 10.9. The molecule has 44 heavy (non-hydrogen) atoms. The Morgan fingerprint density at radius 2 is 1.84 bits per heavy atom. The van der Waals surface area contributed by atoms with Crippen molar-refractivity contribution in [1.29, 1.82) is 0 Å². The van der Waals surface area contributed by atoms with Crippen LogP contribution in [-0.4, -0.2) is 121 Å². The van der Waals surface area contributed by atoms with Crippen molar-refractivity contribution in [2.75, 3.05) is 32.0 Å². The molecule has 3 aliphatic heterocycles. The summed E-state index contributed by atoms with van der Waals surface area (Å²) in [5.41, 5.74) is -0.391. The van der Waals surface area contributed by atoms with Crippen molar-refractivity contribution in [2.24, 2.45) is 0 Å². The molecule has 6 amide bonds. The lowest BCUT2D eigenvalue weighted by molar-refractivity contribution is -0.178. The SMILES string of the molecule is CCN1CCN(N(C=O)C(C(=O)N[C@H]2C(=O)N3C(C(=O)O)=C(COC(C)=O)CSC23NC=O)c2ccc(O)cc2)C(=O)C1=O. The molecule has 0 radical (unpaired) electrons. The first-order valence-corrected chi connectivity index (χ1v) is 14.1. The number of hydrogen-bond acceptors (Lipinski definition) is 11. The number of β-lactam (4-membered cyclic amide) rings is 1. The molecule has 1 aromatic carbocycles. The van der Waals surface area contributed by atoms with Crippen molar-refractivity contribution in [3.63, 3.8) is 0 Å². The van der Waals surface area contributed by atoms with Gasteiger partial charge in [0.2, 0.25) is 18.7 Å². The Labute approximate surface area is 253 Å². The lowest BCUT2D eigenvalue weighted by atomic mass is 9.96. The number of phenolic OH excluding ortho intramolecular Hbond substituents is 1. The second kappa shape index (κ2) is 12.6. The standard InChI is InChI=1S/C26H28N6O11S/c1-3-29-8-9-30(24(40)23(29)39)31(13-34)18(15-4-6-17(36)7-5-15)21(37)28-20-22(38)32-19(25(41)42)16(10-43-14(2)35)11-44-26(20,32)27-12-33/h4-7,12-13,18,20,36H,3,8-11H2,1-2H3,(H,27,33)(H,28,37)(H,41,42)/t18?,20-,26?/m0/s1. The van der Waals surface area contributed by atoms with Crippen molar-refractivity contribution < 1.29 is 53.3 Å². The number of aromatic hydroxyl groups is 1. The molecule has 0 spiro atoms. The van der Waals surface area contributed by atoms with Gasteiger partial charge in [-0.25, -0.2) is 14.8 Å². The van der Waals surface area contributed by atoms with Gasteiger partial charge in [0.1, 0.15) is 18.1 Å². The lowest BCUT2D eigenvalue weighted by Gasteiger charge is -2.58. The first-order chi connectivity index (χ1) is 20.9. The number of thioether (sulfide) groups is 1. The maximum absolute atomic E-state index is 13.9. The van der Waals surface area contributed by atoms with E-state index in [1.54, 1.807) is 6.92 Å². The summed E-state index contributed by atoms with van der Waals surface area (Å²) in [6.07, 6.45) is 0.384. The van der Waals surface area contributed by atoms with E-state index in [0.29, 0.717) is 5.01 Å². The summed E-state index contributed by atoms with van der Waals surface area (Å²) in [7, 11) is 0. The number of amides is 6. The highest BCUT2D eigenvalue weighted by molar-refractivity contribution is 8.01. The molecule has 3 heterocycles. The number of rotatable bonds is 12. The van der Waals surface area contributed by atoms with E-state index in [4.69, 9.17) is 4.74 Å². The van der Waals surface area contributed by atoms with Gasteiger partial charge in [-0.2, -0.15) is 0 Å². The van der Waals surface area contributed by atoms with E-state index in [2.05, 4.69) is 10.6 Å². The predicted molar refractivity (Wildman–Crippen MR) is 147 cm³/mol.